The molecule has 2 heterocycles. The number of carbonyl (C=O) groups excluding carboxylic acids is 1. The van der Waals surface area contributed by atoms with E-state index in [1.54, 1.807) is 0 Å². The van der Waals surface area contributed by atoms with E-state index in [2.05, 4.69) is 40.6 Å². The van der Waals surface area contributed by atoms with Crippen molar-refractivity contribution in [3.05, 3.63) is 70.8 Å². The molecule has 0 spiro atoms. The maximum atomic E-state index is 13.5. The largest absolute Gasteiger partial charge is 0.331 e. The normalized spacial score (nSPS) is 14.6. The van der Waals surface area contributed by atoms with Crippen molar-refractivity contribution >= 4 is 22.5 Å². The summed E-state index contributed by atoms with van der Waals surface area (Å²) in [4.78, 5) is 15.6. The predicted octanol–water partition coefficient (Wildman–Crippen LogP) is 4.48. The Morgan fingerprint density at radius 1 is 1.10 bits per heavy atom. The van der Waals surface area contributed by atoms with Crippen molar-refractivity contribution in [2.45, 2.75) is 52.1 Å². The molecule has 0 bridgehead atoms. The van der Waals surface area contributed by atoms with E-state index >= 15 is 0 Å². The van der Waals surface area contributed by atoms with Crippen LogP contribution in [0.2, 0.25) is 0 Å². The average Bonchev–Trinajstić information content (AvgIpc) is 3.43. The van der Waals surface area contributed by atoms with Crippen LogP contribution in [0.3, 0.4) is 0 Å². The minimum absolute atomic E-state index is 0.0839. The number of tetrazole rings is 1. The van der Waals surface area contributed by atoms with Crippen LogP contribution >= 0.6 is 0 Å². The molecular weight excluding hydrogens is 374 g/mol. The van der Waals surface area contributed by atoms with Gasteiger partial charge in [0.1, 0.15) is 0 Å². The van der Waals surface area contributed by atoms with Gasteiger partial charge in [-0.05, 0) is 60.9 Å². The number of rotatable bonds is 4. The van der Waals surface area contributed by atoms with Crippen molar-refractivity contribution in [3.8, 4) is 0 Å². The lowest BCUT2D eigenvalue weighted by Gasteiger charge is -2.29. The first kappa shape index (κ1) is 18.7. The van der Waals surface area contributed by atoms with Gasteiger partial charge in [0, 0.05) is 22.6 Å². The van der Waals surface area contributed by atoms with E-state index in [0.717, 1.165) is 51.6 Å². The average molecular weight is 399 g/mol. The second-order valence-corrected chi connectivity index (χ2v) is 8.34. The molecular formula is C24H25N5O. The van der Waals surface area contributed by atoms with Crippen LogP contribution in [0.5, 0.6) is 0 Å². The van der Waals surface area contributed by atoms with Crippen molar-refractivity contribution in [1.29, 1.82) is 0 Å². The first-order valence-electron chi connectivity index (χ1n) is 10.6. The van der Waals surface area contributed by atoms with E-state index in [-0.39, 0.29) is 11.9 Å². The van der Waals surface area contributed by atoms with Crippen LogP contribution in [0.1, 0.15) is 52.7 Å². The van der Waals surface area contributed by atoms with Crippen LogP contribution in [0.4, 0.5) is 0 Å². The first-order chi connectivity index (χ1) is 14.6. The van der Waals surface area contributed by atoms with Crippen molar-refractivity contribution in [1.82, 2.24) is 24.9 Å². The Kier molecular flexibility index (Phi) is 4.69. The molecule has 0 saturated heterocycles. The Balaban J connectivity index is 1.60. The number of carbonyl (C=O) groups is 1. The Bertz CT molecular complexity index is 1240. The van der Waals surface area contributed by atoms with Crippen molar-refractivity contribution < 1.29 is 4.79 Å². The SMILES string of the molecule is Cc1cccc(C(=O)N(Cc2cc3cccc(C)c3n3nnnc23)C2CCCC2)c1. The van der Waals surface area contributed by atoms with Gasteiger partial charge >= 0.3 is 0 Å². The second kappa shape index (κ2) is 7.52. The van der Waals surface area contributed by atoms with Gasteiger partial charge in [0.25, 0.3) is 5.91 Å². The summed E-state index contributed by atoms with van der Waals surface area (Å²) in [5.74, 6) is 0.0839. The van der Waals surface area contributed by atoms with Crippen LogP contribution in [-0.2, 0) is 6.54 Å². The number of amides is 1. The Labute approximate surface area is 175 Å². The predicted molar refractivity (Wildman–Crippen MR) is 116 cm³/mol. The Morgan fingerprint density at radius 2 is 1.90 bits per heavy atom. The number of aryl methyl sites for hydroxylation is 2. The summed E-state index contributed by atoms with van der Waals surface area (Å²) in [5, 5.41) is 13.6. The highest BCUT2D eigenvalue weighted by Gasteiger charge is 2.29. The highest BCUT2D eigenvalue weighted by molar-refractivity contribution is 5.95. The summed E-state index contributed by atoms with van der Waals surface area (Å²) in [6, 6.07) is 16.4. The minimum Gasteiger partial charge on any atom is -0.331 e. The second-order valence-electron chi connectivity index (χ2n) is 8.34. The number of fused-ring (bicyclic) bond motifs is 3. The number of nitrogens with zero attached hydrogens (tertiary/aromatic N) is 5. The molecule has 5 rings (SSSR count). The monoisotopic (exact) mass is 399 g/mol. The van der Waals surface area contributed by atoms with E-state index < -0.39 is 0 Å². The highest BCUT2D eigenvalue weighted by Crippen LogP contribution is 2.29. The fourth-order valence-corrected chi connectivity index (χ4v) is 4.70. The van der Waals surface area contributed by atoms with Gasteiger partial charge in [0.15, 0.2) is 5.65 Å². The summed E-state index contributed by atoms with van der Waals surface area (Å²) in [6.45, 7) is 4.59. The maximum absolute atomic E-state index is 13.5. The van der Waals surface area contributed by atoms with E-state index in [4.69, 9.17) is 0 Å². The number of aromatic nitrogens is 4. The number of para-hydroxylation sites is 1. The van der Waals surface area contributed by atoms with Gasteiger partial charge in [0.2, 0.25) is 0 Å². The summed E-state index contributed by atoms with van der Waals surface area (Å²) in [7, 11) is 0. The van der Waals surface area contributed by atoms with Gasteiger partial charge in [-0.1, -0.05) is 48.7 Å². The molecule has 2 aromatic carbocycles. The van der Waals surface area contributed by atoms with Crippen molar-refractivity contribution in [3.63, 3.8) is 0 Å². The molecule has 1 saturated carbocycles. The molecule has 0 unspecified atom stereocenters. The molecule has 30 heavy (non-hydrogen) atoms. The molecule has 4 aromatic rings. The molecule has 1 fully saturated rings. The van der Waals surface area contributed by atoms with Crippen LogP contribution in [0.25, 0.3) is 16.6 Å². The van der Waals surface area contributed by atoms with Gasteiger partial charge in [-0.15, -0.1) is 5.10 Å². The third kappa shape index (κ3) is 3.22. The van der Waals surface area contributed by atoms with Gasteiger partial charge in [-0.25, -0.2) is 0 Å². The maximum Gasteiger partial charge on any atom is 0.254 e. The van der Waals surface area contributed by atoms with Crippen LogP contribution < -0.4 is 0 Å². The first-order valence-corrected chi connectivity index (χ1v) is 10.6. The third-order valence-electron chi connectivity index (χ3n) is 6.20. The molecule has 6 nitrogen and oxygen atoms in total. The standard InChI is InChI=1S/C24H25N5O/c1-16-7-5-10-19(13-16)24(30)28(21-11-3-4-12-21)15-20-14-18-9-6-8-17(2)22(18)29-23(20)25-26-27-29/h5-10,13-14,21H,3-4,11-12,15H2,1-2H3. The van der Waals surface area contributed by atoms with Crippen LogP contribution in [0, 0.1) is 13.8 Å². The van der Waals surface area contributed by atoms with Crippen molar-refractivity contribution in [2.24, 2.45) is 0 Å². The lowest BCUT2D eigenvalue weighted by Crippen LogP contribution is -2.38. The number of hydrogen-bond acceptors (Lipinski definition) is 4. The van der Waals surface area contributed by atoms with Gasteiger partial charge < -0.3 is 4.90 Å². The molecule has 1 amide bonds. The summed E-state index contributed by atoms with van der Waals surface area (Å²) >= 11 is 0. The number of hydrogen-bond donors (Lipinski definition) is 0. The molecule has 1 aliphatic rings. The van der Waals surface area contributed by atoms with Gasteiger partial charge in [-0.2, -0.15) is 4.52 Å². The van der Waals surface area contributed by atoms with Crippen molar-refractivity contribution in [2.75, 3.05) is 0 Å². The molecule has 152 valence electrons. The van der Waals surface area contributed by atoms with Gasteiger partial charge in [-0.3, -0.25) is 4.79 Å². The fraction of sp³-hybridized carbons (Fsp3) is 0.333. The summed E-state index contributed by atoms with van der Waals surface area (Å²) in [5.41, 5.74) is 5.67. The number of benzene rings is 2. The molecule has 0 N–H and O–H groups in total. The zero-order chi connectivity index (χ0) is 20.7. The van der Waals surface area contributed by atoms with Crippen LogP contribution in [0.15, 0.2) is 48.5 Å². The van der Waals surface area contributed by atoms with E-state index in [1.165, 1.54) is 12.8 Å². The van der Waals surface area contributed by atoms with E-state index in [0.29, 0.717) is 6.54 Å². The van der Waals surface area contributed by atoms with E-state index in [1.807, 2.05) is 46.7 Å². The smallest absolute Gasteiger partial charge is 0.254 e. The molecule has 6 heteroatoms. The zero-order valence-corrected chi connectivity index (χ0v) is 17.4. The fourth-order valence-electron chi connectivity index (χ4n) is 4.70. The quantitative estimate of drug-likeness (QED) is 0.508. The highest BCUT2D eigenvalue weighted by atomic mass is 16.2. The zero-order valence-electron chi connectivity index (χ0n) is 17.4. The lowest BCUT2D eigenvalue weighted by molar-refractivity contribution is 0.0665. The molecule has 1 aliphatic carbocycles. The molecule has 2 aromatic heterocycles. The topological polar surface area (TPSA) is 63.4 Å². The van der Waals surface area contributed by atoms with E-state index in [9.17, 15) is 4.79 Å². The third-order valence-corrected chi connectivity index (χ3v) is 6.20. The molecule has 0 atom stereocenters. The number of pyridine rings is 1. The molecule has 0 aliphatic heterocycles. The Morgan fingerprint density at radius 3 is 2.70 bits per heavy atom. The molecule has 0 radical (unpaired) electrons. The van der Waals surface area contributed by atoms with Gasteiger partial charge in [0.05, 0.1) is 12.1 Å². The lowest BCUT2D eigenvalue weighted by atomic mass is 10.1. The van der Waals surface area contributed by atoms with Crippen LogP contribution in [-0.4, -0.2) is 36.9 Å². The summed E-state index contributed by atoms with van der Waals surface area (Å²) in [6.07, 6.45) is 4.43. The minimum atomic E-state index is 0.0839. The Hall–Kier alpha value is -3.28. The summed E-state index contributed by atoms with van der Waals surface area (Å²) < 4.78 is 1.81.